The van der Waals surface area contributed by atoms with Crippen LogP contribution in [0.5, 0.6) is 0 Å². The van der Waals surface area contributed by atoms with Crippen molar-refractivity contribution in [1.82, 2.24) is 24.6 Å². The molecule has 0 radical (unpaired) electrons. The zero-order chi connectivity index (χ0) is 25.3. The number of carbonyl (C=O) groups excluding carboxylic acids is 2. The molecule has 2 aromatic heterocycles. The minimum atomic E-state index is -0.0353. The highest BCUT2D eigenvalue weighted by Crippen LogP contribution is 2.34. The van der Waals surface area contributed by atoms with E-state index in [0.29, 0.717) is 35.3 Å². The van der Waals surface area contributed by atoms with Crippen molar-refractivity contribution in [2.45, 2.75) is 46.1 Å². The lowest BCUT2D eigenvalue weighted by atomic mass is 9.90. The van der Waals surface area contributed by atoms with Crippen molar-refractivity contribution in [2.24, 2.45) is 0 Å². The molecule has 35 heavy (non-hydrogen) atoms. The van der Waals surface area contributed by atoms with Crippen molar-refractivity contribution < 1.29 is 9.59 Å². The van der Waals surface area contributed by atoms with Crippen LogP contribution < -0.4 is 4.90 Å². The molecule has 1 fully saturated rings. The predicted molar refractivity (Wildman–Crippen MR) is 137 cm³/mol. The van der Waals surface area contributed by atoms with E-state index in [4.69, 9.17) is 16.6 Å². The molecule has 3 heterocycles. The maximum Gasteiger partial charge on any atom is 0.244 e. The Morgan fingerprint density at radius 2 is 1.89 bits per heavy atom. The Hall–Kier alpha value is -3.26. The van der Waals surface area contributed by atoms with Crippen molar-refractivity contribution in [2.75, 3.05) is 32.1 Å². The van der Waals surface area contributed by atoms with Crippen LogP contribution in [0.3, 0.4) is 0 Å². The van der Waals surface area contributed by atoms with Gasteiger partial charge in [0.25, 0.3) is 0 Å². The fraction of sp³-hybridized carbons (Fsp3) is 0.423. The SMILES string of the molecule is CC(=O)c1c(C)nn(CC(=O)N2CCCC(c3nc(N(C)C)ncc3-c3ccc(Cl)cc3)C2)c1C. The Morgan fingerprint density at radius 3 is 2.51 bits per heavy atom. The third-order valence-corrected chi connectivity index (χ3v) is 6.79. The number of piperidine rings is 1. The second kappa shape index (κ2) is 10.2. The van der Waals surface area contributed by atoms with E-state index in [1.807, 2.05) is 61.3 Å². The topological polar surface area (TPSA) is 84.2 Å². The third kappa shape index (κ3) is 5.22. The number of likely N-dealkylation sites (tertiary alicyclic amines) is 1. The Labute approximate surface area is 210 Å². The molecule has 0 spiro atoms. The highest BCUT2D eigenvalue weighted by Gasteiger charge is 2.29. The van der Waals surface area contributed by atoms with Gasteiger partial charge in [-0.05, 0) is 51.3 Å². The molecule has 1 atom stereocenters. The number of Topliss-reactive ketones (excluding diaryl/α,β-unsaturated/α-hetero) is 1. The van der Waals surface area contributed by atoms with Crippen molar-refractivity contribution in [3.05, 3.63) is 58.1 Å². The molecule has 1 unspecified atom stereocenters. The van der Waals surface area contributed by atoms with Crippen LogP contribution >= 0.6 is 11.6 Å². The van der Waals surface area contributed by atoms with E-state index in [2.05, 4.69) is 10.1 Å². The maximum atomic E-state index is 13.3. The molecule has 1 aromatic carbocycles. The van der Waals surface area contributed by atoms with Gasteiger partial charge in [0.1, 0.15) is 6.54 Å². The summed E-state index contributed by atoms with van der Waals surface area (Å²) in [7, 11) is 3.84. The van der Waals surface area contributed by atoms with Gasteiger partial charge in [-0.2, -0.15) is 5.10 Å². The van der Waals surface area contributed by atoms with Gasteiger partial charge in [0.15, 0.2) is 5.78 Å². The van der Waals surface area contributed by atoms with Gasteiger partial charge >= 0.3 is 0 Å². The largest absolute Gasteiger partial charge is 0.347 e. The zero-order valence-corrected chi connectivity index (χ0v) is 21.6. The summed E-state index contributed by atoms with van der Waals surface area (Å²) in [5.41, 5.74) is 4.87. The number of anilines is 1. The smallest absolute Gasteiger partial charge is 0.244 e. The second-order valence-corrected chi connectivity index (χ2v) is 9.75. The summed E-state index contributed by atoms with van der Waals surface area (Å²) >= 11 is 6.11. The summed E-state index contributed by atoms with van der Waals surface area (Å²) in [6, 6.07) is 7.67. The van der Waals surface area contributed by atoms with Crippen LogP contribution in [0.4, 0.5) is 5.95 Å². The molecule has 1 amide bonds. The van der Waals surface area contributed by atoms with Crippen LogP contribution in [-0.2, 0) is 11.3 Å². The van der Waals surface area contributed by atoms with Crippen molar-refractivity contribution in [3.63, 3.8) is 0 Å². The lowest BCUT2D eigenvalue weighted by Gasteiger charge is -2.33. The van der Waals surface area contributed by atoms with E-state index in [0.717, 1.165) is 35.4 Å². The van der Waals surface area contributed by atoms with Gasteiger partial charge in [-0.1, -0.05) is 23.7 Å². The fourth-order valence-electron chi connectivity index (χ4n) is 4.78. The molecular formula is C26H31ClN6O2. The summed E-state index contributed by atoms with van der Waals surface area (Å²) in [5.74, 6) is 0.672. The van der Waals surface area contributed by atoms with Gasteiger partial charge < -0.3 is 9.80 Å². The van der Waals surface area contributed by atoms with Crippen LogP contribution in [0.1, 0.15) is 53.1 Å². The van der Waals surface area contributed by atoms with Crippen LogP contribution in [0, 0.1) is 13.8 Å². The molecule has 9 heteroatoms. The molecule has 8 nitrogen and oxygen atoms in total. The molecule has 184 valence electrons. The van der Waals surface area contributed by atoms with Crippen LogP contribution in [-0.4, -0.2) is 63.5 Å². The Bertz CT molecular complexity index is 1250. The van der Waals surface area contributed by atoms with Gasteiger partial charge in [-0.15, -0.1) is 0 Å². The minimum Gasteiger partial charge on any atom is -0.347 e. The molecule has 0 N–H and O–H groups in total. The lowest BCUT2D eigenvalue weighted by molar-refractivity contribution is -0.133. The summed E-state index contributed by atoms with van der Waals surface area (Å²) < 4.78 is 1.64. The van der Waals surface area contributed by atoms with E-state index in [-0.39, 0.29) is 24.2 Å². The van der Waals surface area contributed by atoms with Gasteiger partial charge in [-0.3, -0.25) is 14.3 Å². The highest BCUT2D eigenvalue weighted by molar-refractivity contribution is 6.30. The molecule has 0 saturated carbocycles. The van der Waals surface area contributed by atoms with Crippen LogP contribution in [0.25, 0.3) is 11.1 Å². The van der Waals surface area contributed by atoms with Gasteiger partial charge in [0.2, 0.25) is 11.9 Å². The summed E-state index contributed by atoms with van der Waals surface area (Å²) in [6.07, 6.45) is 3.68. The first-order valence-corrected chi connectivity index (χ1v) is 12.2. The minimum absolute atomic E-state index is 0.00895. The molecule has 0 bridgehead atoms. The number of aromatic nitrogens is 4. The molecule has 1 saturated heterocycles. The number of halogens is 1. The first kappa shape index (κ1) is 24.9. The second-order valence-electron chi connectivity index (χ2n) is 9.31. The Balaban J connectivity index is 1.60. The number of hydrogen-bond acceptors (Lipinski definition) is 6. The van der Waals surface area contributed by atoms with E-state index >= 15 is 0 Å². The van der Waals surface area contributed by atoms with E-state index in [1.54, 1.807) is 11.6 Å². The number of hydrogen-bond donors (Lipinski definition) is 0. The zero-order valence-electron chi connectivity index (χ0n) is 20.9. The number of amides is 1. The van der Waals surface area contributed by atoms with E-state index in [1.165, 1.54) is 6.92 Å². The van der Waals surface area contributed by atoms with Crippen LogP contribution in [0.15, 0.2) is 30.5 Å². The summed E-state index contributed by atoms with van der Waals surface area (Å²) in [6.45, 7) is 6.55. The van der Waals surface area contributed by atoms with Crippen molar-refractivity contribution in [3.8, 4) is 11.1 Å². The number of nitrogens with zero attached hydrogens (tertiary/aromatic N) is 6. The number of benzene rings is 1. The number of carbonyl (C=O) groups is 2. The monoisotopic (exact) mass is 494 g/mol. The normalized spacial score (nSPS) is 15.8. The average molecular weight is 495 g/mol. The summed E-state index contributed by atoms with van der Waals surface area (Å²) in [4.78, 5) is 38.5. The first-order valence-electron chi connectivity index (χ1n) is 11.8. The molecular weight excluding hydrogens is 464 g/mol. The molecule has 4 rings (SSSR count). The Morgan fingerprint density at radius 1 is 1.17 bits per heavy atom. The standard InChI is InChI=1S/C26H31ClN6O2/c1-16-24(18(3)34)17(2)33(30-16)15-23(35)32-12-6-7-20(14-32)25-22(13-28-26(29-25)31(4)5)19-8-10-21(27)11-9-19/h8-11,13,20H,6-7,12,14-15H2,1-5H3. The number of aryl methyl sites for hydroxylation is 1. The van der Waals surface area contributed by atoms with Crippen molar-refractivity contribution in [1.29, 1.82) is 0 Å². The summed E-state index contributed by atoms with van der Waals surface area (Å²) in [5, 5.41) is 5.12. The molecule has 3 aromatic rings. The third-order valence-electron chi connectivity index (χ3n) is 6.54. The maximum absolute atomic E-state index is 13.3. The molecule has 0 aliphatic carbocycles. The van der Waals surface area contributed by atoms with E-state index in [9.17, 15) is 9.59 Å². The van der Waals surface area contributed by atoms with Crippen molar-refractivity contribution >= 4 is 29.2 Å². The van der Waals surface area contributed by atoms with Gasteiger partial charge in [0, 0.05) is 55.6 Å². The fourth-order valence-corrected chi connectivity index (χ4v) is 4.91. The first-order chi connectivity index (χ1) is 16.7. The molecule has 1 aliphatic heterocycles. The lowest BCUT2D eigenvalue weighted by Crippen LogP contribution is -2.41. The Kier molecular flexibility index (Phi) is 7.21. The predicted octanol–water partition coefficient (Wildman–Crippen LogP) is 4.29. The van der Waals surface area contributed by atoms with Gasteiger partial charge in [0.05, 0.1) is 17.0 Å². The average Bonchev–Trinajstić information content (AvgIpc) is 3.11. The number of rotatable bonds is 6. The van der Waals surface area contributed by atoms with Crippen LogP contribution in [0.2, 0.25) is 5.02 Å². The quantitative estimate of drug-likeness (QED) is 0.475. The molecule has 1 aliphatic rings. The number of ketones is 1. The van der Waals surface area contributed by atoms with Gasteiger partial charge in [-0.25, -0.2) is 9.97 Å². The highest BCUT2D eigenvalue weighted by atomic mass is 35.5. The van der Waals surface area contributed by atoms with E-state index < -0.39 is 0 Å².